The van der Waals surface area contributed by atoms with Crippen LogP contribution in [0.2, 0.25) is 0 Å². The molecule has 0 atom stereocenters. The molecule has 7 heteroatoms. The lowest BCUT2D eigenvalue weighted by Crippen LogP contribution is -1.90. The fourth-order valence-corrected chi connectivity index (χ4v) is 2.55. The van der Waals surface area contributed by atoms with Crippen molar-refractivity contribution in [1.82, 2.24) is 15.1 Å². The van der Waals surface area contributed by atoms with Crippen LogP contribution in [0.3, 0.4) is 0 Å². The first-order chi connectivity index (χ1) is 9.60. The van der Waals surface area contributed by atoms with Crippen LogP contribution in [-0.4, -0.2) is 25.3 Å². The maximum Gasteiger partial charge on any atom is 0.258 e. The average Bonchev–Trinajstić information content (AvgIpc) is 2.98. The predicted molar refractivity (Wildman–Crippen MR) is 72.7 cm³/mol. The number of nitrogens with zero attached hydrogens (tertiary/aromatic N) is 3. The monoisotopic (exact) mass is 289 g/mol. The van der Waals surface area contributed by atoms with E-state index in [0.717, 1.165) is 10.7 Å². The van der Waals surface area contributed by atoms with Crippen molar-refractivity contribution < 1.29 is 14.7 Å². The summed E-state index contributed by atoms with van der Waals surface area (Å²) in [4.78, 5) is 8.57. The largest absolute Gasteiger partial charge is 0.508 e. The number of hydrogen-bond acceptors (Lipinski definition) is 7. The van der Waals surface area contributed by atoms with Crippen molar-refractivity contribution in [3.63, 3.8) is 0 Å². The molecule has 0 aliphatic heterocycles. The standard InChI is InChI=1S/C13H11N3O3S/c1-7-6-20-12(14-7)5-11-15-13(19-16-11)8-2-9(17)4-10(18)3-8/h2-4,6,17-18H,5H2,1H3. The van der Waals surface area contributed by atoms with Crippen molar-refractivity contribution in [2.45, 2.75) is 13.3 Å². The van der Waals surface area contributed by atoms with Gasteiger partial charge in [-0.15, -0.1) is 11.3 Å². The van der Waals surface area contributed by atoms with Crippen molar-refractivity contribution in [2.75, 3.05) is 0 Å². The van der Waals surface area contributed by atoms with Gasteiger partial charge in [0.2, 0.25) is 0 Å². The average molecular weight is 289 g/mol. The Balaban J connectivity index is 1.86. The predicted octanol–water partition coefficient (Wildman–Crippen LogP) is 2.50. The molecule has 0 aliphatic carbocycles. The molecule has 2 N–H and O–H groups in total. The van der Waals surface area contributed by atoms with Crippen molar-refractivity contribution >= 4 is 11.3 Å². The molecule has 0 amide bonds. The number of aromatic nitrogens is 3. The Morgan fingerprint density at radius 3 is 2.55 bits per heavy atom. The Hall–Kier alpha value is -2.41. The second kappa shape index (κ2) is 4.93. The summed E-state index contributed by atoms with van der Waals surface area (Å²) in [6.45, 7) is 1.93. The van der Waals surface area contributed by atoms with Gasteiger partial charge in [0.25, 0.3) is 5.89 Å². The van der Waals surface area contributed by atoms with E-state index in [9.17, 15) is 10.2 Å². The van der Waals surface area contributed by atoms with Crippen LogP contribution in [0.1, 0.15) is 16.5 Å². The highest BCUT2D eigenvalue weighted by molar-refractivity contribution is 7.09. The van der Waals surface area contributed by atoms with E-state index in [1.165, 1.54) is 18.2 Å². The Morgan fingerprint density at radius 1 is 1.15 bits per heavy atom. The van der Waals surface area contributed by atoms with E-state index < -0.39 is 0 Å². The van der Waals surface area contributed by atoms with E-state index in [4.69, 9.17) is 4.52 Å². The van der Waals surface area contributed by atoms with E-state index in [1.54, 1.807) is 11.3 Å². The van der Waals surface area contributed by atoms with Gasteiger partial charge in [-0.3, -0.25) is 0 Å². The van der Waals surface area contributed by atoms with Crippen molar-refractivity contribution in [2.24, 2.45) is 0 Å². The molecule has 3 aromatic rings. The smallest absolute Gasteiger partial charge is 0.258 e. The molecular formula is C13H11N3O3S. The lowest BCUT2D eigenvalue weighted by Gasteiger charge is -1.97. The summed E-state index contributed by atoms with van der Waals surface area (Å²) in [7, 11) is 0. The fourth-order valence-electron chi connectivity index (χ4n) is 1.78. The van der Waals surface area contributed by atoms with E-state index in [-0.39, 0.29) is 17.4 Å². The maximum atomic E-state index is 9.44. The molecule has 0 radical (unpaired) electrons. The molecule has 2 heterocycles. The van der Waals surface area contributed by atoms with Crippen LogP contribution in [0.5, 0.6) is 11.5 Å². The van der Waals surface area contributed by atoms with Crippen molar-refractivity contribution in [3.8, 4) is 23.0 Å². The molecule has 1 aromatic carbocycles. The van der Waals surface area contributed by atoms with Gasteiger partial charge in [-0.2, -0.15) is 4.98 Å². The molecule has 3 rings (SSSR count). The molecule has 0 saturated heterocycles. The van der Waals surface area contributed by atoms with Gasteiger partial charge in [0.05, 0.1) is 6.42 Å². The van der Waals surface area contributed by atoms with Gasteiger partial charge in [-0.05, 0) is 19.1 Å². The number of rotatable bonds is 3. The number of aromatic hydroxyl groups is 2. The Bertz CT molecular complexity index is 731. The summed E-state index contributed by atoms with van der Waals surface area (Å²) in [5.41, 5.74) is 1.43. The third-order valence-corrected chi connectivity index (χ3v) is 3.56. The summed E-state index contributed by atoms with van der Waals surface area (Å²) < 4.78 is 5.13. The first kappa shape index (κ1) is 12.6. The number of benzene rings is 1. The zero-order valence-electron chi connectivity index (χ0n) is 10.6. The molecule has 0 saturated carbocycles. The Kier molecular flexibility index (Phi) is 3.11. The third-order valence-electron chi connectivity index (χ3n) is 2.59. The van der Waals surface area contributed by atoms with Gasteiger partial charge < -0.3 is 14.7 Å². The van der Waals surface area contributed by atoms with E-state index in [1.807, 2.05) is 12.3 Å². The molecular weight excluding hydrogens is 278 g/mol. The minimum absolute atomic E-state index is 0.0599. The first-order valence-corrected chi connectivity index (χ1v) is 6.75. The molecule has 20 heavy (non-hydrogen) atoms. The summed E-state index contributed by atoms with van der Waals surface area (Å²) in [5, 5.41) is 25.6. The molecule has 2 aromatic heterocycles. The maximum absolute atomic E-state index is 9.44. The van der Waals surface area contributed by atoms with Crippen LogP contribution in [-0.2, 0) is 6.42 Å². The molecule has 6 nitrogen and oxygen atoms in total. The zero-order valence-corrected chi connectivity index (χ0v) is 11.4. The Morgan fingerprint density at radius 2 is 1.90 bits per heavy atom. The van der Waals surface area contributed by atoms with Crippen LogP contribution in [0.4, 0.5) is 0 Å². The highest BCUT2D eigenvalue weighted by atomic mass is 32.1. The lowest BCUT2D eigenvalue weighted by molar-refractivity contribution is 0.421. The number of hydrogen-bond donors (Lipinski definition) is 2. The summed E-state index contributed by atoms with van der Waals surface area (Å²) in [6, 6.07) is 4.13. The zero-order chi connectivity index (χ0) is 14.1. The van der Waals surface area contributed by atoms with Crippen LogP contribution in [0, 0.1) is 6.92 Å². The van der Waals surface area contributed by atoms with Crippen molar-refractivity contribution in [1.29, 1.82) is 0 Å². The van der Waals surface area contributed by atoms with Gasteiger partial charge in [0.15, 0.2) is 5.82 Å². The molecule has 0 fully saturated rings. The highest BCUT2D eigenvalue weighted by Crippen LogP contribution is 2.27. The van der Waals surface area contributed by atoms with Gasteiger partial charge in [0, 0.05) is 22.7 Å². The molecule has 0 unspecified atom stereocenters. The quantitative estimate of drug-likeness (QED) is 0.769. The summed E-state index contributed by atoms with van der Waals surface area (Å²) in [6.07, 6.45) is 0.493. The van der Waals surface area contributed by atoms with Gasteiger partial charge in [-0.1, -0.05) is 5.16 Å². The summed E-state index contributed by atoms with van der Waals surface area (Å²) >= 11 is 1.54. The van der Waals surface area contributed by atoms with Crippen LogP contribution in [0.15, 0.2) is 28.1 Å². The number of thiazole rings is 1. The second-order valence-electron chi connectivity index (χ2n) is 4.31. The van der Waals surface area contributed by atoms with Gasteiger partial charge in [-0.25, -0.2) is 4.98 Å². The molecule has 0 aliphatic rings. The molecule has 0 spiro atoms. The lowest BCUT2D eigenvalue weighted by atomic mass is 10.2. The molecule has 102 valence electrons. The van der Waals surface area contributed by atoms with E-state index in [0.29, 0.717) is 17.8 Å². The number of phenols is 2. The minimum Gasteiger partial charge on any atom is -0.508 e. The normalized spacial score (nSPS) is 10.8. The van der Waals surface area contributed by atoms with Gasteiger partial charge >= 0.3 is 0 Å². The molecule has 0 bridgehead atoms. The number of aryl methyl sites for hydroxylation is 1. The van der Waals surface area contributed by atoms with Crippen LogP contribution >= 0.6 is 11.3 Å². The Labute approximate surface area is 118 Å². The van der Waals surface area contributed by atoms with Crippen molar-refractivity contribution in [3.05, 3.63) is 40.1 Å². The van der Waals surface area contributed by atoms with Crippen LogP contribution in [0.25, 0.3) is 11.5 Å². The number of phenolic OH excluding ortho intramolecular Hbond substituents is 2. The van der Waals surface area contributed by atoms with Gasteiger partial charge in [0.1, 0.15) is 16.5 Å². The van der Waals surface area contributed by atoms with E-state index >= 15 is 0 Å². The van der Waals surface area contributed by atoms with E-state index in [2.05, 4.69) is 15.1 Å². The summed E-state index contributed by atoms with van der Waals surface area (Å²) in [5.74, 6) is 0.641. The first-order valence-electron chi connectivity index (χ1n) is 5.87. The second-order valence-corrected chi connectivity index (χ2v) is 5.26. The SMILES string of the molecule is Cc1csc(Cc2noc(-c3cc(O)cc(O)c3)n2)n1. The van der Waals surface area contributed by atoms with Crippen LogP contribution < -0.4 is 0 Å². The fraction of sp³-hybridized carbons (Fsp3) is 0.154. The topological polar surface area (TPSA) is 92.3 Å². The minimum atomic E-state index is -0.0599. The third kappa shape index (κ3) is 2.62. The highest BCUT2D eigenvalue weighted by Gasteiger charge is 2.12.